The number of rotatable bonds is 3. The number of nitrogens with zero attached hydrogens (tertiary/aromatic N) is 3. The maximum absolute atomic E-state index is 6.17. The van der Waals surface area contributed by atoms with E-state index in [1.807, 2.05) is 30.3 Å². The second-order valence-corrected chi connectivity index (χ2v) is 5.48. The van der Waals surface area contributed by atoms with Crippen LogP contribution >= 0.6 is 0 Å². The number of hydrogen-bond donors (Lipinski definition) is 1. The van der Waals surface area contributed by atoms with Crippen LogP contribution in [0.4, 0.5) is 6.01 Å². The lowest BCUT2D eigenvalue weighted by Gasteiger charge is -2.28. The van der Waals surface area contributed by atoms with E-state index >= 15 is 0 Å². The topological polar surface area (TPSA) is 68.2 Å². The predicted molar refractivity (Wildman–Crippen MR) is 77.4 cm³/mol. The Morgan fingerprint density at radius 3 is 2.60 bits per heavy atom. The number of nitrogens with two attached hydrogens (primary N) is 1. The van der Waals surface area contributed by atoms with E-state index in [0.29, 0.717) is 11.9 Å². The number of benzene rings is 1. The molecule has 1 aliphatic rings. The quantitative estimate of drug-likeness (QED) is 0.929. The Bertz CT molecular complexity index is 546. The second-order valence-electron chi connectivity index (χ2n) is 5.48. The molecule has 1 fully saturated rings. The van der Waals surface area contributed by atoms with Crippen molar-refractivity contribution in [1.82, 2.24) is 10.2 Å². The fraction of sp³-hybridized carbons (Fsp3) is 0.467. The van der Waals surface area contributed by atoms with Gasteiger partial charge in [0.2, 0.25) is 5.89 Å². The van der Waals surface area contributed by atoms with Crippen LogP contribution in [0.3, 0.4) is 0 Å². The molecule has 3 rings (SSSR count). The molecule has 2 N–H and O–H groups in total. The maximum atomic E-state index is 6.17. The van der Waals surface area contributed by atoms with E-state index in [1.165, 1.54) is 12.8 Å². The van der Waals surface area contributed by atoms with Gasteiger partial charge >= 0.3 is 6.01 Å². The summed E-state index contributed by atoms with van der Waals surface area (Å²) in [6, 6.07) is 10.1. The SMILES string of the molecule is CC1CCN(c2nnc(C(N)c3ccccc3)o2)CC1. The molecule has 0 aliphatic carbocycles. The van der Waals surface area contributed by atoms with E-state index in [1.54, 1.807) is 0 Å². The van der Waals surface area contributed by atoms with Gasteiger partial charge in [-0.25, -0.2) is 0 Å². The van der Waals surface area contributed by atoms with Gasteiger partial charge in [-0.3, -0.25) is 0 Å². The highest BCUT2D eigenvalue weighted by atomic mass is 16.4. The van der Waals surface area contributed by atoms with Gasteiger partial charge in [0.05, 0.1) is 0 Å². The van der Waals surface area contributed by atoms with Gasteiger partial charge in [-0.2, -0.15) is 0 Å². The molecule has 2 heterocycles. The third-order valence-electron chi connectivity index (χ3n) is 3.91. The van der Waals surface area contributed by atoms with Crippen LogP contribution in [0.15, 0.2) is 34.7 Å². The molecular formula is C15H20N4O. The van der Waals surface area contributed by atoms with E-state index in [0.717, 1.165) is 24.6 Å². The Hall–Kier alpha value is -1.88. The minimum absolute atomic E-state index is 0.360. The van der Waals surface area contributed by atoms with Crippen molar-refractivity contribution in [1.29, 1.82) is 0 Å². The first-order chi connectivity index (χ1) is 9.74. The van der Waals surface area contributed by atoms with Gasteiger partial charge in [-0.1, -0.05) is 42.4 Å². The Labute approximate surface area is 118 Å². The highest BCUT2D eigenvalue weighted by Crippen LogP contribution is 2.25. The first-order valence-electron chi connectivity index (χ1n) is 7.13. The summed E-state index contributed by atoms with van der Waals surface area (Å²) in [4.78, 5) is 2.15. The minimum Gasteiger partial charge on any atom is -0.406 e. The van der Waals surface area contributed by atoms with Gasteiger partial charge in [-0.15, -0.1) is 5.10 Å². The summed E-state index contributed by atoms with van der Waals surface area (Å²) in [6.07, 6.45) is 2.34. The number of aromatic nitrogens is 2. The number of piperidine rings is 1. The zero-order chi connectivity index (χ0) is 13.9. The zero-order valence-electron chi connectivity index (χ0n) is 11.7. The molecule has 1 unspecified atom stereocenters. The second kappa shape index (κ2) is 5.63. The Morgan fingerprint density at radius 2 is 1.90 bits per heavy atom. The van der Waals surface area contributed by atoms with Crippen LogP contribution in [0.2, 0.25) is 0 Å². The Morgan fingerprint density at radius 1 is 1.20 bits per heavy atom. The van der Waals surface area contributed by atoms with E-state index in [4.69, 9.17) is 10.2 Å². The molecule has 1 saturated heterocycles. The van der Waals surface area contributed by atoms with Crippen molar-refractivity contribution < 1.29 is 4.42 Å². The van der Waals surface area contributed by atoms with Crippen molar-refractivity contribution in [3.63, 3.8) is 0 Å². The summed E-state index contributed by atoms with van der Waals surface area (Å²) < 4.78 is 5.75. The van der Waals surface area contributed by atoms with Crippen molar-refractivity contribution in [2.45, 2.75) is 25.8 Å². The molecule has 0 saturated carbocycles. The molecule has 106 valence electrons. The summed E-state index contributed by atoms with van der Waals surface area (Å²) in [5.74, 6) is 1.25. The van der Waals surface area contributed by atoms with Crippen LogP contribution in [-0.2, 0) is 0 Å². The third kappa shape index (κ3) is 2.67. The summed E-state index contributed by atoms with van der Waals surface area (Å²) in [6.45, 7) is 4.23. The summed E-state index contributed by atoms with van der Waals surface area (Å²) in [7, 11) is 0. The van der Waals surface area contributed by atoms with E-state index < -0.39 is 0 Å². The smallest absolute Gasteiger partial charge is 0.318 e. The summed E-state index contributed by atoms with van der Waals surface area (Å²) in [5, 5.41) is 8.24. The van der Waals surface area contributed by atoms with Crippen LogP contribution in [0.25, 0.3) is 0 Å². The Kier molecular flexibility index (Phi) is 3.69. The first kappa shape index (κ1) is 13.1. The van der Waals surface area contributed by atoms with Gasteiger partial charge in [0, 0.05) is 13.1 Å². The molecule has 2 aromatic rings. The van der Waals surface area contributed by atoms with E-state index in [9.17, 15) is 0 Å². The summed E-state index contributed by atoms with van der Waals surface area (Å²) >= 11 is 0. The molecular weight excluding hydrogens is 252 g/mol. The van der Waals surface area contributed by atoms with Crippen LogP contribution in [0.5, 0.6) is 0 Å². The van der Waals surface area contributed by atoms with Crippen molar-refractivity contribution in [3.05, 3.63) is 41.8 Å². The van der Waals surface area contributed by atoms with Crippen LogP contribution < -0.4 is 10.6 Å². The lowest BCUT2D eigenvalue weighted by Crippen LogP contribution is -2.32. The highest BCUT2D eigenvalue weighted by Gasteiger charge is 2.22. The standard InChI is InChI=1S/C15H20N4O/c1-11-7-9-19(10-8-11)15-18-17-14(20-15)13(16)12-5-3-2-4-6-12/h2-6,11,13H,7-10,16H2,1H3. The van der Waals surface area contributed by atoms with Crippen molar-refractivity contribution >= 4 is 6.01 Å². The van der Waals surface area contributed by atoms with E-state index in [-0.39, 0.29) is 6.04 Å². The average Bonchev–Trinajstić information content (AvgIpc) is 2.98. The van der Waals surface area contributed by atoms with Gasteiger partial charge in [-0.05, 0) is 24.3 Å². The predicted octanol–water partition coefficient (Wildman–Crippen LogP) is 2.35. The Balaban J connectivity index is 1.73. The number of anilines is 1. The molecule has 0 spiro atoms. The zero-order valence-corrected chi connectivity index (χ0v) is 11.7. The van der Waals surface area contributed by atoms with E-state index in [2.05, 4.69) is 22.0 Å². The van der Waals surface area contributed by atoms with Crippen LogP contribution in [0, 0.1) is 5.92 Å². The largest absolute Gasteiger partial charge is 0.406 e. The average molecular weight is 272 g/mol. The van der Waals surface area contributed by atoms with Gasteiger partial charge in [0.15, 0.2) is 0 Å². The first-order valence-corrected chi connectivity index (χ1v) is 7.13. The molecule has 20 heavy (non-hydrogen) atoms. The van der Waals surface area contributed by atoms with Crippen molar-refractivity contribution in [3.8, 4) is 0 Å². The molecule has 1 aliphatic heterocycles. The molecule has 0 radical (unpaired) electrons. The monoisotopic (exact) mass is 272 g/mol. The lowest BCUT2D eigenvalue weighted by molar-refractivity contribution is 0.402. The van der Waals surface area contributed by atoms with Crippen molar-refractivity contribution in [2.24, 2.45) is 11.7 Å². The van der Waals surface area contributed by atoms with Gasteiger partial charge in [0.1, 0.15) is 6.04 Å². The van der Waals surface area contributed by atoms with Crippen molar-refractivity contribution in [2.75, 3.05) is 18.0 Å². The molecule has 5 heteroatoms. The molecule has 1 aromatic heterocycles. The maximum Gasteiger partial charge on any atom is 0.318 e. The normalized spacial score (nSPS) is 18.2. The molecule has 5 nitrogen and oxygen atoms in total. The molecule has 0 amide bonds. The van der Waals surface area contributed by atoms with Crippen LogP contribution in [-0.4, -0.2) is 23.3 Å². The fourth-order valence-corrected chi connectivity index (χ4v) is 2.48. The molecule has 0 bridgehead atoms. The minimum atomic E-state index is -0.360. The highest BCUT2D eigenvalue weighted by molar-refractivity contribution is 5.28. The molecule has 1 atom stereocenters. The van der Waals surface area contributed by atoms with Gasteiger partial charge in [0.25, 0.3) is 0 Å². The van der Waals surface area contributed by atoms with Gasteiger partial charge < -0.3 is 15.1 Å². The van der Waals surface area contributed by atoms with Crippen LogP contribution in [0.1, 0.15) is 37.3 Å². The lowest BCUT2D eigenvalue weighted by atomic mass is 10.00. The number of hydrogen-bond acceptors (Lipinski definition) is 5. The third-order valence-corrected chi connectivity index (χ3v) is 3.91. The molecule has 1 aromatic carbocycles. The summed E-state index contributed by atoms with van der Waals surface area (Å²) in [5.41, 5.74) is 7.15. The fourth-order valence-electron chi connectivity index (χ4n) is 2.48.